The normalized spacial score (nSPS) is 11.4. The Morgan fingerprint density at radius 1 is 0.971 bits per heavy atom. The van der Waals surface area contributed by atoms with E-state index in [0.717, 1.165) is 6.07 Å². The van der Waals surface area contributed by atoms with Gasteiger partial charge in [-0.1, -0.05) is 12.1 Å². The van der Waals surface area contributed by atoms with Crippen molar-refractivity contribution in [1.82, 2.24) is 9.97 Å². The Morgan fingerprint density at radius 3 is 2.26 bits per heavy atom. The lowest BCUT2D eigenvalue weighted by Gasteiger charge is -2.16. The molecule has 0 atom stereocenters. The van der Waals surface area contributed by atoms with Crippen LogP contribution >= 0.6 is 12.2 Å². The van der Waals surface area contributed by atoms with E-state index in [1.807, 2.05) is 0 Å². The van der Waals surface area contributed by atoms with Gasteiger partial charge in [0.15, 0.2) is 10.9 Å². The van der Waals surface area contributed by atoms with Crippen LogP contribution in [-0.2, 0) is 16.2 Å². The monoisotopic (exact) mass is 513 g/mol. The van der Waals surface area contributed by atoms with E-state index in [1.165, 1.54) is 62.8 Å². The third-order valence-electron chi connectivity index (χ3n) is 4.22. The van der Waals surface area contributed by atoms with Gasteiger partial charge in [0.2, 0.25) is 5.88 Å². The van der Waals surface area contributed by atoms with Gasteiger partial charge in [-0.25, -0.2) is 8.42 Å². The maximum atomic E-state index is 13.1. The van der Waals surface area contributed by atoms with Crippen LogP contribution in [0.2, 0.25) is 0 Å². The molecule has 0 aliphatic rings. The SMILES string of the molecule is COc1cc(NS(=O)(=O)c2ccc(NC(=S)Nc3ccccc3C(F)(F)F)cc2)nc(OC)n1. The summed E-state index contributed by atoms with van der Waals surface area (Å²) < 4.78 is 77.0. The number of methoxy groups -OCH3 is 2. The first-order valence-electron chi connectivity index (χ1n) is 9.36. The molecule has 0 unspecified atom stereocenters. The third kappa shape index (κ3) is 6.23. The number of sulfonamides is 1. The van der Waals surface area contributed by atoms with Crippen LogP contribution in [0.5, 0.6) is 11.9 Å². The molecule has 1 aromatic heterocycles. The van der Waals surface area contributed by atoms with Crippen molar-refractivity contribution in [2.45, 2.75) is 11.1 Å². The molecule has 0 bridgehead atoms. The Bertz CT molecular complexity index is 1260. The van der Waals surface area contributed by atoms with Crippen LogP contribution in [-0.4, -0.2) is 37.7 Å². The number of thiocarbonyl (C=S) groups is 1. The van der Waals surface area contributed by atoms with Crippen molar-refractivity contribution in [3.8, 4) is 11.9 Å². The van der Waals surface area contributed by atoms with E-state index in [2.05, 4.69) is 25.3 Å². The van der Waals surface area contributed by atoms with E-state index in [-0.39, 0.29) is 33.4 Å². The Labute approximate surface area is 198 Å². The fourth-order valence-corrected chi connectivity index (χ4v) is 3.91. The number of nitrogens with one attached hydrogen (secondary N) is 3. The number of para-hydroxylation sites is 1. The van der Waals surface area contributed by atoms with Crippen molar-refractivity contribution < 1.29 is 31.1 Å². The third-order valence-corrected chi connectivity index (χ3v) is 5.79. The van der Waals surface area contributed by atoms with Gasteiger partial charge < -0.3 is 20.1 Å². The van der Waals surface area contributed by atoms with Crippen molar-refractivity contribution in [2.24, 2.45) is 0 Å². The summed E-state index contributed by atoms with van der Waals surface area (Å²) in [6.07, 6.45) is -4.56. The lowest BCUT2D eigenvalue weighted by molar-refractivity contribution is -0.136. The summed E-state index contributed by atoms with van der Waals surface area (Å²) in [5.41, 5.74) is -0.734. The standard InChI is InChI=1S/C20H18F3N5O4S2/c1-31-17-11-16(26-18(27-17)32-2)28-34(29,30)13-9-7-12(8-10-13)24-19(33)25-15-6-4-3-5-14(15)20(21,22)23/h3-11H,1-2H3,(H2,24,25,33)(H,26,27,28). The summed E-state index contributed by atoms with van der Waals surface area (Å²) in [7, 11) is -1.36. The molecule has 0 aliphatic carbocycles. The average Bonchev–Trinajstić information content (AvgIpc) is 2.78. The van der Waals surface area contributed by atoms with Gasteiger partial charge in [0, 0.05) is 11.8 Å². The maximum Gasteiger partial charge on any atom is 0.418 e. The molecule has 0 fully saturated rings. The van der Waals surface area contributed by atoms with Gasteiger partial charge in [-0.05, 0) is 48.6 Å². The Morgan fingerprint density at radius 2 is 1.65 bits per heavy atom. The molecule has 0 spiro atoms. The van der Waals surface area contributed by atoms with Crippen molar-refractivity contribution >= 4 is 44.5 Å². The zero-order valence-electron chi connectivity index (χ0n) is 17.7. The summed E-state index contributed by atoms with van der Waals surface area (Å²) >= 11 is 5.08. The number of benzene rings is 2. The zero-order valence-corrected chi connectivity index (χ0v) is 19.3. The molecule has 0 radical (unpaired) electrons. The van der Waals surface area contributed by atoms with Crippen LogP contribution in [0.3, 0.4) is 0 Å². The number of ether oxygens (including phenoxy) is 2. The molecule has 3 N–H and O–H groups in total. The molecule has 9 nitrogen and oxygen atoms in total. The topological polar surface area (TPSA) is 114 Å². The van der Waals surface area contributed by atoms with Crippen molar-refractivity contribution in [1.29, 1.82) is 0 Å². The highest BCUT2D eigenvalue weighted by molar-refractivity contribution is 7.92. The number of alkyl halides is 3. The van der Waals surface area contributed by atoms with Gasteiger partial charge in [-0.2, -0.15) is 23.1 Å². The maximum absolute atomic E-state index is 13.1. The number of nitrogens with zero attached hydrogens (tertiary/aromatic N) is 2. The molecule has 14 heteroatoms. The first kappa shape index (κ1) is 25.0. The molecule has 0 saturated heterocycles. The number of anilines is 3. The van der Waals surface area contributed by atoms with Gasteiger partial charge in [0.25, 0.3) is 10.0 Å². The summed E-state index contributed by atoms with van der Waals surface area (Å²) in [5.74, 6) is 0.0248. The van der Waals surface area contributed by atoms with Crippen LogP contribution in [0.25, 0.3) is 0 Å². The number of halogens is 3. The van der Waals surface area contributed by atoms with Gasteiger partial charge in [0.05, 0.1) is 30.4 Å². The second kappa shape index (κ2) is 10.1. The van der Waals surface area contributed by atoms with Gasteiger partial charge in [-0.15, -0.1) is 0 Å². The summed E-state index contributed by atoms with van der Waals surface area (Å²) in [6, 6.07) is 11.4. The van der Waals surface area contributed by atoms with Crippen LogP contribution in [0.1, 0.15) is 5.56 Å². The van der Waals surface area contributed by atoms with Crippen molar-refractivity contribution in [3.05, 3.63) is 60.2 Å². The highest BCUT2D eigenvalue weighted by atomic mass is 32.2. The zero-order chi connectivity index (χ0) is 24.9. The van der Waals surface area contributed by atoms with E-state index in [1.54, 1.807) is 0 Å². The minimum absolute atomic E-state index is 0.0698. The fourth-order valence-electron chi connectivity index (χ4n) is 2.69. The van der Waals surface area contributed by atoms with Crippen LogP contribution in [0, 0.1) is 0 Å². The molecule has 0 saturated carbocycles. The number of hydrogen-bond acceptors (Lipinski definition) is 7. The first-order valence-corrected chi connectivity index (χ1v) is 11.2. The molecule has 2 aromatic carbocycles. The van der Waals surface area contributed by atoms with E-state index in [4.69, 9.17) is 21.7 Å². The molecular weight excluding hydrogens is 495 g/mol. The molecule has 3 aromatic rings. The summed E-state index contributed by atoms with van der Waals surface area (Å²) in [4.78, 5) is 7.69. The second-order valence-corrected chi connectivity index (χ2v) is 8.63. The van der Waals surface area contributed by atoms with Crippen LogP contribution in [0.4, 0.5) is 30.4 Å². The lowest BCUT2D eigenvalue weighted by atomic mass is 10.1. The molecule has 0 aliphatic heterocycles. The Hall–Kier alpha value is -3.65. The Kier molecular flexibility index (Phi) is 7.41. The number of hydrogen-bond donors (Lipinski definition) is 3. The van der Waals surface area contributed by atoms with E-state index >= 15 is 0 Å². The number of aromatic nitrogens is 2. The van der Waals surface area contributed by atoms with Crippen LogP contribution < -0.4 is 24.8 Å². The minimum atomic E-state index is -4.56. The van der Waals surface area contributed by atoms with Crippen molar-refractivity contribution in [2.75, 3.05) is 29.6 Å². The quantitative estimate of drug-likeness (QED) is 0.401. The van der Waals surface area contributed by atoms with Crippen molar-refractivity contribution in [3.63, 3.8) is 0 Å². The number of rotatable bonds is 7. The minimum Gasteiger partial charge on any atom is -0.481 e. The summed E-state index contributed by atoms with van der Waals surface area (Å²) in [6.45, 7) is 0. The molecule has 1 heterocycles. The Balaban J connectivity index is 1.71. The van der Waals surface area contributed by atoms with Gasteiger partial charge in [0.1, 0.15) is 0 Å². The second-order valence-electron chi connectivity index (χ2n) is 6.53. The van der Waals surface area contributed by atoms with E-state index < -0.39 is 21.8 Å². The van der Waals surface area contributed by atoms with Gasteiger partial charge >= 0.3 is 12.2 Å². The predicted octanol–water partition coefficient (Wildman–Crippen LogP) is 4.12. The smallest absolute Gasteiger partial charge is 0.418 e. The molecule has 0 amide bonds. The fraction of sp³-hybridized carbons (Fsp3) is 0.150. The first-order chi connectivity index (χ1) is 16.0. The van der Waals surface area contributed by atoms with E-state index in [0.29, 0.717) is 5.69 Å². The largest absolute Gasteiger partial charge is 0.481 e. The average molecular weight is 514 g/mol. The molecule has 3 rings (SSSR count). The highest BCUT2D eigenvalue weighted by Gasteiger charge is 2.33. The highest BCUT2D eigenvalue weighted by Crippen LogP contribution is 2.34. The molecule has 34 heavy (non-hydrogen) atoms. The van der Waals surface area contributed by atoms with E-state index in [9.17, 15) is 21.6 Å². The summed E-state index contributed by atoms with van der Waals surface area (Å²) in [5, 5.41) is 5.10. The lowest BCUT2D eigenvalue weighted by Crippen LogP contribution is -2.21. The van der Waals surface area contributed by atoms with Crippen LogP contribution in [0.15, 0.2) is 59.5 Å². The van der Waals surface area contributed by atoms with Gasteiger partial charge in [-0.3, -0.25) is 4.72 Å². The predicted molar refractivity (Wildman–Crippen MR) is 124 cm³/mol. The molecular formula is C20H18F3N5O4S2. The molecule has 180 valence electrons.